The molecule has 0 aliphatic rings. The van der Waals surface area contributed by atoms with Crippen molar-refractivity contribution in [1.82, 2.24) is 0 Å². The summed E-state index contributed by atoms with van der Waals surface area (Å²) in [5, 5.41) is 5.06. The average molecular weight is 313 g/mol. The van der Waals surface area contributed by atoms with Crippen LogP contribution in [0.5, 0.6) is 5.75 Å². The quantitative estimate of drug-likeness (QED) is 0.878. The van der Waals surface area contributed by atoms with E-state index in [2.05, 4.69) is 39.8 Å². The second-order valence-corrected chi connectivity index (χ2v) is 8.34. The molecule has 0 aliphatic heterocycles. The zero-order valence-electron chi connectivity index (χ0n) is 13.6. The number of primary sulfonamides is 1. The van der Waals surface area contributed by atoms with Gasteiger partial charge in [0.25, 0.3) is 0 Å². The lowest BCUT2D eigenvalue weighted by molar-refractivity contribution is 0.265. The first-order valence-electron chi connectivity index (χ1n) is 7.29. The molecule has 0 fully saturated rings. The summed E-state index contributed by atoms with van der Waals surface area (Å²) in [5.41, 5.74) is 2.39. The van der Waals surface area contributed by atoms with Crippen LogP contribution in [-0.2, 0) is 21.9 Å². The van der Waals surface area contributed by atoms with Gasteiger partial charge in [-0.1, -0.05) is 46.8 Å². The van der Waals surface area contributed by atoms with E-state index in [-0.39, 0.29) is 17.1 Å². The van der Waals surface area contributed by atoms with Crippen LogP contribution in [0, 0.1) is 5.92 Å². The number of ether oxygens (including phenoxy) is 1. The van der Waals surface area contributed by atoms with Crippen molar-refractivity contribution in [3.8, 4) is 5.75 Å². The van der Waals surface area contributed by atoms with Crippen LogP contribution >= 0.6 is 0 Å². The fourth-order valence-corrected chi connectivity index (χ4v) is 3.08. The molecule has 1 unspecified atom stereocenters. The van der Waals surface area contributed by atoms with Crippen molar-refractivity contribution in [2.45, 2.75) is 46.5 Å². The summed E-state index contributed by atoms with van der Waals surface area (Å²) in [6, 6.07) is 6.19. The lowest BCUT2D eigenvalue weighted by Crippen LogP contribution is -2.25. The highest BCUT2D eigenvalue weighted by molar-refractivity contribution is 7.89. The van der Waals surface area contributed by atoms with Crippen molar-refractivity contribution in [3.05, 3.63) is 29.3 Å². The summed E-state index contributed by atoms with van der Waals surface area (Å²) in [6.07, 6.45) is 0.977. The number of rotatable bonds is 6. The van der Waals surface area contributed by atoms with E-state index in [1.54, 1.807) is 0 Å². The average Bonchev–Trinajstić information content (AvgIpc) is 2.33. The van der Waals surface area contributed by atoms with Gasteiger partial charge in [-0.3, -0.25) is 0 Å². The Morgan fingerprint density at radius 3 is 2.38 bits per heavy atom. The molecular weight excluding hydrogens is 286 g/mol. The molecule has 0 spiro atoms. The van der Waals surface area contributed by atoms with Gasteiger partial charge in [0.2, 0.25) is 10.0 Å². The molecule has 0 aromatic heterocycles. The molecule has 1 aromatic carbocycles. The Bertz CT molecular complexity index is 574. The highest BCUT2D eigenvalue weighted by Crippen LogP contribution is 2.32. The Kier molecular flexibility index (Phi) is 5.82. The van der Waals surface area contributed by atoms with Crippen LogP contribution in [0.1, 0.15) is 45.7 Å². The maximum atomic E-state index is 11.1. The SMILES string of the molecule is CCc1ccc(OCC(C)CS(N)(=O)=O)c(C(C)(C)C)c1. The number of aryl methyl sites for hydroxylation is 1. The molecule has 0 aliphatic carbocycles. The monoisotopic (exact) mass is 313 g/mol. The van der Waals surface area contributed by atoms with Gasteiger partial charge in [0, 0.05) is 5.92 Å². The second kappa shape index (κ2) is 6.79. The number of benzene rings is 1. The Labute approximate surface area is 128 Å². The minimum absolute atomic E-state index is 0.0241. The number of nitrogens with two attached hydrogens (primary N) is 1. The zero-order chi connectivity index (χ0) is 16.3. The van der Waals surface area contributed by atoms with Gasteiger partial charge in [0.1, 0.15) is 5.75 Å². The lowest BCUT2D eigenvalue weighted by atomic mass is 9.85. The number of hydrogen-bond acceptors (Lipinski definition) is 3. The molecule has 120 valence electrons. The standard InChI is InChI=1S/C16H27NO3S/c1-6-13-7-8-15(14(9-13)16(3,4)5)20-10-12(2)11-21(17,18)19/h7-9,12H,6,10-11H2,1-5H3,(H2,17,18,19). The van der Waals surface area contributed by atoms with Crippen LogP contribution in [0.15, 0.2) is 18.2 Å². The van der Waals surface area contributed by atoms with Gasteiger partial charge in [-0.05, 0) is 29.0 Å². The third-order valence-electron chi connectivity index (χ3n) is 3.30. The Hall–Kier alpha value is -1.07. The van der Waals surface area contributed by atoms with Gasteiger partial charge >= 0.3 is 0 Å². The zero-order valence-corrected chi connectivity index (χ0v) is 14.5. The molecule has 0 saturated carbocycles. The van der Waals surface area contributed by atoms with E-state index in [4.69, 9.17) is 9.88 Å². The van der Waals surface area contributed by atoms with Crippen molar-refractivity contribution in [2.75, 3.05) is 12.4 Å². The molecular formula is C16H27NO3S. The predicted molar refractivity (Wildman–Crippen MR) is 87.2 cm³/mol. The van der Waals surface area contributed by atoms with Crippen LogP contribution < -0.4 is 9.88 Å². The summed E-state index contributed by atoms with van der Waals surface area (Å²) in [7, 11) is -3.46. The van der Waals surface area contributed by atoms with Gasteiger partial charge in [-0.2, -0.15) is 0 Å². The van der Waals surface area contributed by atoms with Crippen molar-refractivity contribution in [2.24, 2.45) is 11.1 Å². The molecule has 1 rings (SSSR count). The van der Waals surface area contributed by atoms with Gasteiger partial charge in [-0.15, -0.1) is 0 Å². The molecule has 21 heavy (non-hydrogen) atoms. The minimum Gasteiger partial charge on any atom is -0.493 e. The van der Waals surface area contributed by atoms with Crippen LogP contribution in [0.25, 0.3) is 0 Å². The third kappa shape index (κ3) is 6.06. The van der Waals surface area contributed by atoms with E-state index in [0.29, 0.717) is 6.61 Å². The largest absolute Gasteiger partial charge is 0.493 e. The van der Waals surface area contributed by atoms with Crippen molar-refractivity contribution < 1.29 is 13.2 Å². The van der Waals surface area contributed by atoms with Crippen LogP contribution in [-0.4, -0.2) is 20.8 Å². The van der Waals surface area contributed by atoms with Crippen LogP contribution in [0.3, 0.4) is 0 Å². The molecule has 0 heterocycles. The third-order valence-corrected chi connectivity index (χ3v) is 4.33. The summed E-state index contributed by atoms with van der Waals surface area (Å²) in [5.74, 6) is 0.616. The smallest absolute Gasteiger partial charge is 0.209 e. The fourth-order valence-electron chi connectivity index (χ4n) is 2.19. The van der Waals surface area contributed by atoms with Crippen molar-refractivity contribution in [3.63, 3.8) is 0 Å². The molecule has 1 atom stereocenters. The Morgan fingerprint density at radius 1 is 1.29 bits per heavy atom. The van der Waals surface area contributed by atoms with E-state index in [9.17, 15) is 8.42 Å². The van der Waals surface area contributed by atoms with Gasteiger partial charge in [-0.25, -0.2) is 13.6 Å². The van der Waals surface area contributed by atoms with Crippen LogP contribution in [0.4, 0.5) is 0 Å². The second-order valence-electron chi connectivity index (χ2n) is 6.68. The molecule has 0 saturated heterocycles. The maximum absolute atomic E-state index is 11.1. The van der Waals surface area contributed by atoms with Gasteiger partial charge in [0.05, 0.1) is 12.4 Å². The minimum atomic E-state index is -3.46. The molecule has 2 N–H and O–H groups in total. The molecule has 1 aromatic rings. The summed E-state index contributed by atoms with van der Waals surface area (Å²) in [4.78, 5) is 0. The summed E-state index contributed by atoms with van der Waals surface area (Å²) in [6.45, 7) is 10.7. The lowest BCUT2D eigenvalue weighted by Gasteiger charge is -2.24. The summed E-state index contributed by atoms with van der Waals surface area (Å²) >= 11 is 0. The number of sulfonamides is 1. The first kappa shape index (κ1) is 18.0. The van der Waals surface area contributed by atoms with Crippen molar-refractivity contribution in [1.29, 1.82) is 0 Å². The van der Waals surface area contributed by atoms with Gasteiger partial charge in [0.15, 0.2) is 0 Å². The Morgan fingerprint density at radius 2 is 1.90 bits per heavy atom. The molecule has 0 bridgehead atoms. The van der Waals surface area contributed by atoms with E-state index in [1.807, 2.05) is 13.0 Å². The highest BCUT2D eigenvalue weighted by atomic mass is 32.2. The normalized spacial score (nSPS) is 14.0. The van der Waals surface area contributed by atoms with E-state index in [0.717, 1.165) is 17.7 Å². The van der Waals surface area contributed by atoms with E-state index < -0.39 is 10.0 Å². The predicted octanol–water partition coefficient (Wildman–Crippen LogP) is 2.85. The number of hydrogen-bond donors (Lipinski definition) is 1. The molecule has 0 radical (unpaired) electrons. The van der Waals surface area contributed by atoms with E-state index >= 15 is 0 Å². The van der Waals surface area contributed by atoms with Crippen LogP contribution in [0.2, 0.25) is 0 Å². The topological polar surface area (TPSA) is 69.4 Å². The maximum Gasteiger partial charge on any atom is 0.209 e. The van der Waals surface area contributed by atoms with E-state index in [1.165, 1.54) is 5.56 Å². The fraction of sp³-hybridized carbons (Fsp3) is 0.625. The molecule has 4 nitrogen and oxygen atoms in total. The van der Waals surface area contributed by atoms with Gasteiger partial charge < -0.3 is 4.74 Å². The highest BCUT2D eigenvalue weighted by Gasteiger charge is 2.20. The molecule has 5 heteroatoms. The first-order chi connectivity index (χ1) is 9.53. The first-order valence-corrected chi connectivity index (χ1v) is 9.01. The molecule has 0 amide bonds. The van der Waals surface area contributed by atoms with Crippen molar-refractivity contribution >= 4 is 10.0 Å². The Balaban J connectivity index is 2.88. The summed E-state index contributed by atoms with van der Waals surface area (Å²) < 4.78 is 28.0.